The van der Waals surface area contributed by atoms with Crippen LogP contribution in [-0.2, 0) is 11.3 Å². The zero-order chi connectivity index (χ0) is 17.6. The van der Waals surface area contributed by atoms with Crippen molar-refractivity contribution in [2.75, 3.05) is 37.5 Å². The third kappa shape index (κ3) is 4.31. The first kappa shape index (κ1) is 17.3. The summed E-state index contributed by atoms with van der Waals surface area (Å²) in [5, 5.41) is 5.89. The van der Waals surface area contributed by atoms with Crippen LogP contribution in [0.1, 0.15) is 23.5 Å². The second-order valence-electron chi connectivity index (χ2n) is 6.43. The van der Waals surface area contributed by atoms with Gasteiger partial charge in [0.25, 0.3) is 0 Å². The molecule has 5 heteroatoms. The monoisotopic (exact) mass is 339 g/mol. The summed E-state index contributed by atoms with van der Waals surface area (Å²) < 4.78 is 5.09. The molecule has 0 aliphatic carbocycles. The summed E-state index contributed by atoms with van der Waals surface area (Å²) in [5.74, 6) is 0.349. The van der Waals surface area contributed by atoms with Gasteiger partial charge in [0.2, 0.25) is 0 Å². The lowest BCUT2D eigenvalue weighted by Crippen LogP contribution is -2.36. The number of nitrogens with zero attached hydrogens (tertiary/aromatic N) is 1. The summed E-state index contributed by atoms with van der Waals surface area (Å²) in [7, 11) is 3.78. The molecule has 2 N–H and O–H groups in total. The van der Waals surface area contributed by atoms with Gasteiger partial charge in [-0.15, -0.1) is 0 Å². The molecule has 3 rings (SSSR count). The lowest BCUT2D eigenvalue weighted by atomic mass is 9.90. The minimum atomic E-state index is -0.170. The Bertz CT molecular complexity index is 715. The quantitative estimate of drug-likeness (QED) is 0.875. The van der Waals surface area contributed by atoms with E-state index in [4.69, 9.17) is 4.74 Å². The Morgan fingerprint density at radius 3 is 2.72 bits per heavy atom. The molecule has 0 spiro atoms. The Labute approximate surface area is 149 Å². The zero-order valence-corrected chi connectivity index (χ0v) is 14.8. The molecule has 0 fully saturated rings. The molecule has 1 heterocycles. The van der Waals surface area contributed by atoms with Crippen molar-refractivity contribution in [3.63, 3.8) is 0 Å². The van der Waals surface area contributed by atoms with Gasteiger partial charge in [-0.3, -0.25) is 0 Å². The third-order valence-electron chi connectivity index (χ3n) is 4.63. The van der Waals surface area contributed by atoms with Gasteiger partial charge in [-0.2, -0.15) is 0 Å². The van der Waals surface area contributed by atoms with E-state index < -0.39 is 0 Å². The average molecular weight is 339 g/mol. The molecule has 25 heavy (non-hydrogen) atoms. The standard InChI is InChI=1S/C20H25N3O2/c1-23-12-11-16(18-5-3-4-6-19(18)23)13-21-20(24)22-17-9-7-15(8-10-17)14-25-2/h3-10,16H,11-14H2,1-2H3,(H2,21,22,24). The number of nitrogens with one attached hydrogen (secondary N) is 2. The number of para-hydroxylation sites is 1. The fourth-order valence-electron chi connectivity index (χ4n) is 3.26. The highest BCUT2D eigenvalue weighted by Gasteiger charge is 2.23. The number of rotatable bonds is 5. The van der Waals surface area contributed by atoms with Crippen LogP contribution in [-0.4, -0.2) is 33.3 Å². The molecule has 1 aliphatic rings. The molecule has 0 saturated carbocycles. The topological polar surface area (TPSA) is 53.6 Å². The van der Waals surface area contributed by atoms with Gasteiger partial charge in [0.05, 0.1) is 6.61 Å². The van der Waals surface area contributed by atoms with E-state index in [1.54, 1.807) is 7.11 Å². The highest BCUT2D eigenvalue weighted by molar-refractivity contribution is 5.89. The maximum absolute atomic E-state index is 12.2. The fourth-order valence-corrected chi connectivity index (χ4v) is 3.26. The van der Waals surface area contributed by atoms with Gasteiger partial charge in [0, 0.05) is 44.5 Å². The molecule has 1 unspecified atom stereocenters. The predicted octanol–water partition coefficient (Wildman–Crippen LogP) is 3.58. The number of hydrogen-bond donors (Lipinski definition) is 2. The van der Waals surface area contributed by atoms with Crippen LogP contribution in [0.25, 0.3) is 0 Å². The molecule has 5 nitrogen and oxygen atoms in total. The SMILES string of the molecule is COCc1ccc(NC(=O)NCC2CCN(C)c3ccccc32)cc1. The minimum Gasteiger partial charge on any atom is -0.380 e. The van der Waals surface area contributed by atoms with E-state index in [2.05, 4.69) is 46.8 Å². The first-order chi connectivity index (χ1) is 12.2. The molecule has 1 atom stereocenters. The van der Waals surface area contributed by atoms with E-state index in [9.17, 15) is 4.79 Å². The van der Waals surface area contributed by atoms with E-state index in [0.29, 0.717) is 19.1 Å². The van der Waals surface area contributed by atoms with Crippen LogP contribution in [0.3, 0.4) is 0 Å². The molecule has 2 aromatic carbocycles. The summed E-state index contributed by atoms with van der Waals surface area (Å²) in [6.07, 6.45) is 1.04. The number of anilines is 2. The van der Waals surface area contributed by atoms with Crippen molar-refractivity contribution < 1.29 is 9.53 Å². The molecule has 0 bridgehead atoms. The van der Waals surface area contributed by atoms with Crippen LogP contribution in [0.2, 0.25) is 0 Å². The Balaban J connectivity index is 1.55. The highest BCUT2D eigenvalue weighted by Crippen LogP contribution is 2.33. The number of benzene rings is 2. The van der Waals surface area contributed by atoms with Crippen LogP contribution in [0.15, 0.2) is 48.5 Å². The van der Waals surface area contributed by atoms with Gasteiger partial charge in [0.1, 0.15) is 0 Å². The van der Waals surface area contributed by atoms with Crippen molar-refractivity contribution in [3.8, 4) is 0 Å². The van der Waals surface area contributed by atoms with Gasteiger partial charge in [-0.1, -0.05) is 30.3 Å². The number of hydrogen-bond acceptors (Lipinski definition) is 3. The van der Waals surface area contributed by atoms with Crippen LogP contribution >= 0.6 is 0 Å². The van der Waals surface area contributed by atoms with Gasteiger partial charge in [0.15, 0.2) is 0 Å². The van der Waals surface area contributed by atoms with Gasteiger partial charge in [-0.25, -0.2) is 4.79 Å². The second kappa shape index (κ2) is 8.03. The molecule has 0 radical (unpaired) electrons. The molecule has 132 valence electrons. The van der Waals surface area contributed by atoms with Crippen molar-refractivity contribution in [3.05, 3.63) is 59.7 Å². The zero-order valence-electron chi connectivity index (χ0n) is 14.8. The number of amides is 2. The van der Waals surface area contributed by atoms with Crippen molar-refractivity contribution >= 4 is 17.4 Å². The van der Waals surface area contributed by atoms with E-state index in [1.165, 1.54) is 11.3 Å². The largest absolute Gasteiger partial charge is 0.380 e. The maximum atomic E-state index is 12.2. The summed E-state index contributed by atoms with van der Waals surface area (Å²) in [6, 6.07) is 15.9. The molecule has 2 amide bonds. The smallest absolute Gasteiger partial charge is 0.319 e. The predicted molar refractivity (Wildman–Crippen MR) is 101 cm³/mol. The van der Waals surface area contributed by atoms with Crippen molar-refractivity contribution in [1.29, 1.82) is 0 Å². The Hall–Kier alpha value is -2.53. The Morgan fingerprint density at radius 2 is 1.96 bits per heavy atom. The van der Waals surface area contributed by atoms with Gasteiger partial charge >= 0.3 is 6.03 Å². The second-order valence-corrected chi connectivity index (χ2v) is 6.43. The normalized spacial score (nSPS) is 16.2. The van der Waals surface area contributed by atoms with Gasteiger partial charge in [-0.05, 0) is 35.7 Å². The fraction of sp³-hybridized carbons (Fsp3) is 0.350. The Kier molecular flexibility index (Phi) is 5.56. The summed E-state index contributed by atoms with van der Waals surface area (Å²) in [5.41, 5.74) is 4.42. The summed E-state index contributed by atoms with van der Waals surface area (Å²) in [6.45, 7) is 2.21. The molecule has 0 aromatic heterocycles. The number of methoxy groups -OCH3 is 1. The van der Waals surface area contributed by atoms with Gasteiger partial charge < -0.3 is 20.3 Å². The van der Waals surface area contributed by atoms with Crippen LogP contribution in [0.5, 0.6) is 0 Å². The molecule has 0 saturated heterocycles. The molecule has 1 aliphatic heterocycles. The average Bonchev–Trinajstić information content (AvgIpc) is 2.63. The summed E-state index contributed by atoms with van der Waals surface area (Å²) in [4.78, 5) is 14.5. The lowest BCUT2D eigenvalue weighted by Gasteiger charge is -2.33. The first-order valence-corrected chi connectivity index (χ1v) is 8.60. The van der Waals surface area contributed by atoms with Crippen LogP contribution < -0.4 is 15.5 Å². The lowest BCUT2D eigenvalue weighted by molar-refractivity contribution is 0.185. The van der Waals surface area contributed by atoms with Crippen molar-refractivity contribution in [1.82, 2.24) is 5.32 Å². The number of carbonyl (C=O) groups excluding carboxylic acids is 1. The number of ether oxygens (including phenoxy) is 1. The molecular weight excluding hydrogens is 314 g/mol. The van der Waals surface area contributed by atoms with Crippen molar-refractivity contribution in [2.45, 2.75) is 18.9 Å². The Morgan fingerprint density at radius 1 is 1.20 bits per heavy atom. The number of carbonyl (C=O) groups is 1. The van der Waals surface area contributed by atoms with Crippen LogP contribution in [0, 0.1) is 0 Å². The molecular formula is C20H25N3O2. The van der Waals surface area contributed by atoms with E-state index in [1.807, 2.05) is 24.3 Å². The third-order valence-corrected chi connectivity index (χ3v) is 4.63. The molecule has 2 aromatic rings. The van der Waals surface area contributed by atoms with E-state index in [-0.39, 0.29) is 6.03 Å². The maximum Gasteiger partial charge on any atom is 0.319 e. The van der Waals surface area contributed by atoms with E-state index >= 15 is 0 Å². The van der Waals surface area contributed by atoms with Crippen molar-refractivity contribution in [2.24, 2.45) is 0 Å². The summed E-state index contributed by atoms with van der Waals surface area (Å²) >= 11 is 0. The van der Waals surface area contributed by atoms with Crippen LogP contribution in [0.4, 0.5) is 16.2 Å². The minimum absolute atomic E-state index is 0.170. The first-order valence-electron chi connectivity index (χ1n) is 8.60. The van der Waals surface area contributed by atoms with E-state index in [0.717, 1.165) is 24.2 Å². The number of urea groups is 1. The number of fused-ring (bicyclic) bond motifs is 1. The highest BCUT2D eigenvalue weighted by atomic mass is 16.5.